The maximum Gasteiger partial charge on any atom is 0.272 e. The van der Waals surface area contributed by atoms with E-state index in [-0.39, 0.29) is 15.7 Å². The first-order valence-corrected chi connectivity index (χ1v) is 5.19. The molecule has 0 radical (unpaired) electrons. The minimum absolute atomic E-state index is 0.105. The highest BCUT2D eigenvalue weighted by molar-refractivity contribution is 6.39. The normalized spacial score (nSPS) is 10.1. The van der Waals surface area contributed by atoms with Gasteiger partial charge in [-0.2, -0.15) is 0 Å². The van der Waals surface area contributed by atoms with Gasteiger partial charge in [-0.1, -0.05) is 30.1 Å². The van der Waals surface area contributed by atoms with Gasteiger partial charge in [-0.25, -0.2) is 0 Å². The molecule has 0 aromatic heterocycles. The van der Waals surface area contributed by atoms with Gasteiger partial charge >= 0.3 is 0 Å². The monoisotopic (exact) mass is 248 g/mol. The summed E-state index contributed by atoms with van der Waals surface area (Å²) in [5.41, 5.74) is 0.442. The van der Waals surface area contributed by atoms with Crippen LogP contribution in [0.1, 0.15) is 13.3 Å². The van der Waals surface area contributed by atoms with Gasteiger partial charge in [0, 0.05) is 18.7 Å². The highest BCUT2D eigenvalue weighted by Crippen LogP contribution is 2.34. The van der Waals surface area contributed by atoms with Crippen molar-refractivity contribution < 1.29 is 4.92 Å². The summed E-state index contributed by atoms with van der Waals surface area (Å²) < 4.78 is 0. The molecule has 0 saturated heterocycles. The molecule has 0 heterocycles. The highest BCUT2D eigenvalue weighted by atomic mass is 35.5. The van der Waals surface area contributed by atoms with E-state index in [1.54, 1.807) is 0 Å². The lowest BCUT2D eigenvalue weighted by molar-refractivity contribution is -0.384. The fourth-order valence-electron chi connectivity index (χ4n) is 1.08. The van der Waals surface area contributed by atoms with Crippen molar-refractivity contribution in [3.8, 4) is 0 Å². The maximum atomic E-state index is 10.5. The Kier molecular flexibility index (Phi) is 4.17. The first-order valence-electron chi connectivity index (χ1n) is 4.43. The number of non-ortho nitro benzene ring substituents is 1. The Morgan fingerprint density at radius 3 is 2.33 bits per heavy atom. The summed E-state index contributed by atoms with van der Waals surface area (Å²) in [4.78, 5) is 9.97. The van der Waals surface area contributed by atoms with E-state index in [0.29, 0.717) is 5.69 Å². The predicted molar refractivity (Wildman–Crippen MR) is 61.9 cm³/mol. The second-order valence-corrected chi connectivity index (χ2v) is 3.78. The zero-order chi connectivity index (χ0) is 11.4. The van der Waals surface area contributed by atoms with E-state index in [9.17, 15) is 10.1 Å². The summed E-state index contributed by atoms with van der Waals surface area (Å²) in [6.45, 7) is 2.72. The highest BCUT2D eigenvalue weighted by Gasteiger charge is 2.13. The number of hydrogen-bond acceptors (Lipinski definition) is 3. The Morgan fingerprint density at radius 1 is 1.40 bits per heavy atom. The van der Waals surface area contributed by atoms with Gasteiger partial charge in [0.15, 0.2) is 0 Å². The van der Waals surface area contributed by atoms with Crippen LogP contribution in [0.5, 0.6) is 0 Å². The third-order valence-corrected chi connectivity index (χ3v) is 2.39. The van der Waals surface area contributed by atoms with E-state index in [1.165, 1.54) is 12.1 Å². The summed E-state index contributed by atoms with van der Waals surface area (Å²) in [5, 5.41) is 14.0. The molecule has 0 saturated carbocycles. The molecule has 0 bridgehead atoms. The minimum Gasteiger partial charge on any atom is -0.383 e. The molecular weight excluding hydrogens is 239 g/mol. The first-order chi connectivity index (χ1) is 7.06. The quantitative estimate of drug-likeness (QED) is 0.653. The fraction of sp³-hybridized carbons (Fsp3) is 0.333. The van der Waals surface area contributed by atoms with Crippen molar-refractivity contribution >= 4 is 34.6 Å². The van der Waals surface area contributed by atoms with Crippen LogP contribution in [-0.2, 0) is 0 Å². The number of nitro benzene ring substituents is 1. The molecule has 1 aromatic carbocycles. The number of rotatable bonds is 4. The fourth-order valence-corrected chi connectivity index (χ4v) is 1.69. The first kappa shape index (κ1) is 12.1. The van der Waals surface area contributed by atoms with Gasteiger partial charge in [-0.3, -0.25) is 10.1 Å². The molecule has 0 unspecified atom stereocenters. The second-order valence-electron chi connectivity index (χ2n) is 2.97. The Labute approximate surface area is 97.3 Å². The number of anilines is 1. The smallest absolute Gasteiger partial charge is 0.272 e. The van der Waals surface area contributed by atoms with Crippen LogP contribution in [0.4, 0.5) is 11.4 Å². The van der Waals surface area contributed by atoms with Gasteiger partial charge in [0.25, 0.3) is 5.69 Å². The maximum absolute atomic E-state index is 10.5. The van der Waals surface area contributed by atoms with Crippen molar-refractivity contribution in [1.29, 1.82) is 0 Å². The molecule has 15 heavy (non-hydrogen) atoms. The van der Waals surface area contributed by atoms with Crippen LogP contribution in [0.25, 0.3) is 0 Å². The molecule has 0 amide bonds. The second kappa shape index (κ2) is 5.19. The van der Waals surface area contributed by atoms with Crippen molar-refractivity contribution in [3.63, 3.8) is 0 Å². The van der Waals surface area contributed by atoms with E-state index in [0.717, 1.165) is 13.0 Å². The topological polar surface area (TPSA) is 55.2 Å². The molecule has 1 rings (SSSR count). The average Bonchev–Trinajstić information content (AvgIpc) is 2.16. The molecule has 0 fully saturated rings. The average molecular weight is 249 g/mol. The predicted octanol–water partition coefficient (Wildman–Crippen LogP) is 3.72. The third kappa shape index (κ3) is 2.97. The van der Waals surface area contributed by atoms with Crippen LogP contribution < -0.4 is 5.32 Å². The number of benzene rings is 1. The molecule has 4 nitrogen and oxygen atoms in total. The lowest BCUT2D eigenvalue weighted by Crippen LogP contribution is -2.01. The standard InChI is InChI=1S/C9H10Cl2N2O2/c1-2-3-12-9-7(10)4-6(13(14)15)5-8(9)11/h4-5,12H,2-3H2,1H3. The number of hydrogen-bond donors (Lipinski definition) is 1. The SMILES string of the molecule is CCCNc1c(Cl)cc([N+](=O)[O-])cc1Cl. The Morgan fingerprint density at radius 2 is 1.93 bits per heavy atom. The van der Waals surface area contributed by atoms with Crippen LogP contribution in [0, 0.1) is 10.1 Å². The minimum atomic E-state index is -0.526. The molecule has 6 heteroatoms. The van der Waals surface area contributed by atoms with Gasteiger partial charge in [0.1, 0.15) is 0 Å². The molecule has 0 aliphatic rings. The van der Waals surface area contributed by atoms with Crippen LogP contribution in [0.3, 0.4) is 0 Å². The zero-order valence-corrected chi connectivity index (χ0v) is 9.60. The van der Waals surface area contributed by atoms with E-state index < -0.39 is 4.92 Å². The largest absolute Gasteiger partial charge is 0.383 e. The van der Waals surface area contributed by atoms with Crippen molar-refractivity contribution in [2.45, 2.75) is 13.3 Å². The zero-order valence-electron chi connectivity index (χ0n) is 8.09. The van der Waals surface area contributed by atoms with Gasteiger partial charge in [0.05, 0.1) is 20.7 Å². The van der Waals surface area contributed by atoms with Gasteiger partial charge in [0.2, 0.25) is 0 Å². The number of nitrogens with one attached hydrogen (secondary N) is 1. The lowest BCUT2D eigenvalue weighted by atomic mass is 10.2. The molecule has 0 aliphatic carbocycles. The van der Waals surface area contributed by atoms with E-state index in [1.807, 2.05) is 6.92 Å². The summed E-state index contributed by atoms with van der Waals surface area (Å²) in [6, 6.07) is 2.57. The molecule has 0 aliphatic heterocycles. The molecule has 1 N–H and O–H groups in total. The van der Waals surface area contributed by atoms with Gasteiger partial charge in [-0.05, 0) is 6.42 Å². The van der Waals surface area contributed by atoms with Gasteiger partial charge < -0.3 is 5.32 Å². The summed E-state index contributed by atoms with van der Waals surface area (Å²) in [5.74, 6) is 0. The summed E-state index contributed by atoms with van der Waals surface area (Å²) >= 11 is 11.7. The Bertz CT molecular complexity index is 359. The van der Waals surface area contributed by atoms with Crippen molar-refractivity contribution in [2.75, 3.05) is 11.9 Å². The summed E-state index contributed by atoms with van der Waals surface area (Å²) in [6.07, 6.45) is 0.920. The Balaban J connectivity index is 3.04. The van der Waals surface area contributed by atoms with Crippen molar-refractivity contribution in [1.82, 2.24) is 0 Å². The molecule has 0 atom stereocenters. The molecule has 0 spiro atoms. The molecule has 1 aromatic rings. The third-order valence-electron chi connectivity index (χ3n) is 1.79. The van der Waals surface area contributed by atoms with E-state index in [4.69, 9.17) is 23.2 Å². The number of halogens is 2. The van der Waals surface area contributed by atoms with Crippen LogP contribution in [0.2, 0.25) is 10.0 Å². The lowest BCUT2D eigenvalue weighted by Gasteiger charge is -2.08. The molecule has 82 valence electrons. The van der Waals surface area contributed by atoms with E-state index >= 15 is 0 Å². The van der Waals surface area contributed by atoms with Crippen molar-refractivity contribution in [3.05, 3.63) is 32.3 Å². The Hall–Kier alpha value is -1.00. The van der Waals surface area contributed by atoms with Crippen molar-refractivity contribution in [2.24, 2.45) is 0 Å². The van der Waals surface area contributed by atoms with Crippen LogP contribution in [0.15, 0.2) is 12.1 Å². The molecular formula is C9H10Cl2N2O2. The van der Waals surface area contributed by atoms with Gasteiger partial charge in [-0.15, -0.1) is 0 Å². The number of nitro groups is 1. The van der Waals surface area contributed by atoms with E-state index in [2.05, 4.69) is 5.32 Å². The van der Waals surface area contributed by atoms with Crippen LogP contribution in [-0.4, -0.2) is 11.5 Å². The summed E-state index contributed by atoms with van der Waals surface area (Å²) in [7, 11) is 0. The number of nitrogens with zero attached hydrogens (tertiary/aromatic N) is 1. The van der Waals surface area contributed by atoms with Crippen LogP contribution >= 0.6 is 23.2 Å².